The molecular weight excluding hydrogens is 2030 g/mol. The van der Waals surface area contributed by atoms with E-state index in [9.17, 15) is 40.4 Å². The van der Waals surface area contributed by atoms with Crippen LogP contribution < -0.4 is 21.0 Å². The zero-order valence-electron chi connectivity index (χ0n) is 78.9. The summed E-state index contributed by atoms with van der Waals surface area (Å²) in [6.07, 6.45) is 10.7. The predicted octanol–water partition coefficient (Wildman–Crippen LogP) is 19.6. The Morgan fingerprint density at radius 1 is 0.462 bits per heavy atom. The molecule has 0 unspecified atom stereocenters. The van der Waals surface area contributed by atoms with Gasteiger partial charge in [0.15, 0.2) is 29.1 Å². The number of nitrogens with two attached hydrogens (primary N) is 1. The van der Waals surface area contributed by atoms with Crippen LogP contribution in [0.25, 0.3) is 89.4 Å². The lowest BCUT2D eigenvalue weighted by Gasteiger charge is -2.32. The first kappa shape index (κ1) is 105. The molecule has 2 aliphatic rings. The number of halogens is 5. The third kappa shape index (κ3) is 22.8. The Balaban J connectivity index is 0.000000155. The molecule has 145 heavy (non-hydrogen) atoms. The molecule has 1 saturated heterocycles. The Bertz CT molecular complexity index is 7890. The highest BCUT2D eigenvalue weighted by Crippen LogP contribution is 2.44. The van der Waals surface area contributed by atoms with Crippen molar-refractivity contribution >= 4 is 140 Å². The number of hydrogen-bond donors (Lipinski definition) is 2. The average molecular weight is 2130 g/mol. The number of esters is 3. The summed E-state index contributed by atoms with van der Waals surface area (Å²) in [5.41, 5.74) is 11.9. The number of aromatic amines is 1. The number of anilines is 3. The highest BCUT2D eigenvalue weighted by molar-refractivity contribution is 14.1. The van der Waals surface area contributed by atoms with Crippen LogP contribution in [0.4, 0.5) is 30.6 Å². The minimum atomic E-state index is -4.45. The Morgan fingerprint density at radius 2 is 0.807 bits per heavy atom. The van der Waals surface area contributed by atoms with E-state index in [1.165, 1.54) is 107 Å². The van der Waals surface area contributed by atoms with Gasteiger partial charge >= 0.3 is 25.0 Å². The van der Waals surface area contributed by atoms with E-state index in [2.05, 4.69) is 45.2 Å². The van der Waals surface area contributed by atoms with Gasteiger partial charge in [0, 0.05) is 110 Å². The fraction of sp³-hybridized carbons (Fsp3) is 0.198. The number of nitrogen functional groups attached to an aromatic ring is 1. The molecule has 18 aromatic rings. The van der Waals surface area contributed by atoms with E-state index in [-0.39, 0.29) is 109 Å². The molecule has 3 N–H and O–H groups in total. The van der Waals surface area contributed by atoms with Gasteiger partial charge in [-0.05, 0) is 170 Å². The maximum absolute atomic E-state index is 16.7. The summed E-state index contributed by atoms with van der Waals surface area (Å²) in [5, 5.41) is 13.6. The summed E-state index contributed by atoms with van der Waals surface area (Å²) in [4.78, 5) is 80.9. The zero-order chi connectivity index (χ0) is 101. The predicted molar refractivity (Wildman–Crippen MR) is 560 cm³/mol. The van der Waals surface area contributed by atoms with E-state index in [0.29, 0.717) is 85.6 Å². The molecule has 1 aliphatic carbocycles. The normalized spacial score (nSPS) is 12.9. The highest BCUT2D eigenvalue weighted by atomic mass is 127. The molecule has 10 heterocycles. The number of carbonyl (C=O) groups is 4. The molecule has 0 spiro atoms. The number of aryl methyl sites for hydroxylation is 3. The maximum atomic E-state index is 16.7. The first-order chi connectivity index (χ1) is 68.7. The number of pyridine rings is 3. The summed E-state index contributed by atoms with van der Waals surface area (Å²) in [6, 6.07) is 74.8. The standard InChI is InChI=1S/C38H31FN6O4S.C29H24IN3O4S.C18H15FN6O2.C15H19BFN3O2.C4H5ClO.2CH4/c1-43-25-41-36(42-43)30-20-12-19-29(34(30)39)33-21-31-32(38(46)49-2)22-40-37(35(31)45(33)50(47,48)28-17-10-5-11-18-28)44(23-26-13-6-3-7-14-26)24-27-15-8-4-9-16-27;1-37-29(34)25-18-31-28(32(19-21-11-5-2-6-12-21)20-22-13-7-3-8-14-22)27-24(25)17-26(30)33(27)38(35,36)23-15-9-4-10-16-23;1-25-8-22-17(24-25)10-5-3-4-9(14(10)19)13-6-11-12(18(26)27-2)7-21-16(20)15(11)23-13;1-14(2)15(3,4)22-16(21-14)11-8-6-7-10(12(11)17)13-18-9-20(5)19-13;5-4(6)3-1-2-3;;/h3-22,25H,23-24H2,1-2H3;2-18H,19-20H2,1H3;3-8,23H,1-2H3,(H2,20,21);6-9H,1-5H3;3H,1-2H2;2*1H4. The molecule has 9 aromatic heterocycles. The molecule has 744 valence electrons. The second-order valence-electron chi connectivity index (χ2n) is 34.3. The number of fused-ring (bicyclic) bond motifs is 3. The van der Waals surface area contributed by atoms with Crippen LogP contribution in [0.1, 0.15) is 109 Å². The number of benzene rings is 9. The lowest BCUT2D eigenvalue weighted by molar-refractivity contribution is -0.112. The number of aromatic nitrogens is 15. The monoisotopic (exact) mass is 2130 g/mol. The van der Waals surface area contributed by atoms with Crippen LogP contribution >= 0.6 is 34.2 Å². The molecule has 39 heteroatoms. The van der Waals surface area contributed by atoms with Gasteiger partial charge in [-0.25, -0.2) is 82.2 Å². The molecule has 1 saturated carbocycles. The van der Waals surface area contributed by atoms with Gasteiger partial charge in [-0.2, -0.15) is 15.3 Å². The molecule has 20 rings (SSSR count). The number of nitrogens with one attached hydrogen (secondary N) is 1. The summed E-state index contributed by atoms with van der Waals surface area (Å²) < 4.78 is 138. The molecule has 0 amide bonds. The van der Waals surface area contributed by atoms with Crippen LogP contribution in [0, 0.1) is 27.1 Å². The largest absolute Gasteiger partial charge is 0.497 e. The second-order valence-corrected chi connectivity index (χ2v) is 39.3. The Hall–Kier alpha value is -15.4. The summed E-state index contributed by atoms with van der Waals surface area (Å²) >= 11 is 7.03. The Labute approximate surface area is 854 Å². The molecule has 31 nitrogen and oxygen atoms in total. The number of H-pyrrole nitrogens is 1. The van der Waals surface area contributed by atoms with E-state index in [1.54, 1.807) is 124 Å². The SMILES string of the molecule is C.C.COC(=O)c1cnc(N(Cc2ccccc2)Cc2ccccc2)c2c1cc(-c1cccc(-c3ncn(C)n3)c1F)n2S(=O)(=O)c1ccccc1.COC(=O)c1cnc(N(Cc2ccccc2)Cc2ccccc2)c2c1cc(I)n2S(=O)(=O)c1ccccc1.COC(=O)c1cnc(N)c2[nH]c(-c3cccc(-c4ncn(C)n4)c3F)cc12.Cn1cnc(-c2cccc(B3OC(C)(C)C(C)(C)O3)c2F)n1.O=C(Cl)C1CC1. The van der Waals surface area contributed by atoms with Crippen LogP contribution in [-0.4, -0.2) is 152 Å². The van der Waals surface area contributed by atoms with Crippen molar-refractivity contribution in [1.82, 2.24) is 72.2 Å². The molecule has 0 atom stereocenters. The third-order valence-corrected chi connectivity index (χ3v) is 28.9. The molecule has 9 aromatic carbocycles. The Kier molecular flexibility index (Phi) is 32.8. The molecule has 1 aliphatic heterocycles. The van der Waals surface area contributed by atoms with Gasteiger partial charge in [0.2, 0.25) is 5.24 Å². The van der Waals surface area contributed by atoms with Gasteiger partial charge in [0.05, 0.1) is 90.6 Å². The van der Waals surface area contributed by atoms with Crippen molar-refractivity contribution in [2.75, 3.05) is 36.9 Å². The van der Waals surface area contributed by atoms with Crippen molar-refractivity contribution < 1.29 is 72.7 Å². The minimum Gasteiger partial charge on any atom is -0.465 e. The summed E-state index contributed by atoms with van der Waals surface area (Å²) in [5.74, 6) is -1.57. The van der Waals surface area contributed by atoms with Gasteiger partial charge in [-0.3, -0.25) is 18.8 Å². The first-order valence-electron chi connectivity index (χ1n) is 44.7. The van der Waals surface area contributed by atoms with Crippen LogP contribution in [0.15, 0.2) is 302 Å². The number of ether oxygens (including phenoxy) is 3. The zero-order valence-corrected chi connectivity index (χ0v) is 83.4. The maximum Gasteiger partial charge on any atom is 0.497 e. The molecular formula is C106H102BClF3IN18O13S2. The van der Waals surface area contributed by atoms with Gasteiger partial charge in [-0.1, -0.05) is 197 Å². The van der Waals surface area contributed by atoms with Gasteiger partial charge in [0.25, 0.3) is 20.0 Å². The molecule has 0 bridgehead atoms. The van der Waals surface area contributed by atoms with Crippen molar-refractivity contribution in [2.45, 2.75) is 103 Å². The number of methoxy groups -OCH3 is 3. The van der Waals surface area contributed by atoms with Crippen molar-refractivity contribution in [1.29, 1.82) is 0 Å². The van der Waals surface area contributed by atoms with Crippen LogP contribution in [0.3, 0.4) is 0 Å². The number of nitrogens with zero attached hydrogens (tertiary/aromatic N) is 16. The van der Waals surface area contributed by atoms with Gasteiger partial charge in [0.1, 0.15) is 53.3 Å². The summed E-state index contributed by atoms with van der Waals surface area (Å²) in [7, 11) is -0.273. The fourth-order valence-corrected chi connectivity index (χ4v) is 20.5. The molecule has 2 fully saturated rings. The van der Waals surface area contributed by atoms with E-state index >= 15 is 8.78 Å². The van der Waals surface area contributed by atoms with Crippen molar-refractivity contribution in [2.24, 2.45) is 27.1 Å². The van der Waals surface area contributed by atoms with Gasteiger partial charge < -0.3 is 44.0 Å². The van der Waals surface area contributed by atoms with Crippen molar-refractivity contribution in [3.63, 3.8) is 0 Å². The fourth-order valence-electron chi connectivity index (χ4n) is 15.9. The van der Waals surface area contributed by atoms with Crippen molar-refractivity contribution in [3.8, 4) is 56.7 Å². The lowest BCUT2D eigenvalue weighted by atomic mass is 9.77. The summed E-state index contributed by atoms with van der Waals surface area (Å²) in [6.45, 7) is 9.40. The highest BCUT2D eigenvalue weighted by Gasteiger charge is 2.53. The number of rotatable bonds is 24. The topological polar surface area (TPSA) is 372 Å². The average Bonchev–Trinajstić information content (AvgIpc) is 1.56. The van der Waals surface area contributed by atoms with E-state index < -0.39 is 73.7 Å². The minimum absolute atomic E-state index is 0. The van der Waals surface area contributed by atoms with E-state index in [0.717, 1.165) is 39.1 Å². The van der Waals surface area contributed by atoms with Crippen LogP contribution in [0.2, 0.25) is 0 Å². The van der Waals surface area contributed by atoms with E-state index in [1.807, 2.05) is 181 Å². The number of hydrogen-bond acceptors (Lipinski definition) is 25. The lowest BCUT2D eigenvalue weighted by Crippen LogP contribution is -2.41. The van der Waals surface area contributed by atoms with E-state index in [4.69, 9.17) is 45.8 Å². The third-order valence-electron chi connectivity index (χ3n) is 24.0. The Morgan fingerprint density at radius 3 is 1.19 bits per heavy atom. The second kappa shape index (κ2) is 45.1. The first-order valence-corrected chi connectivity index (χ1v) is 49.0. The molecule has 0 radical (unpaired) electrons. The van der Waals surface area contributed by atoms with Crippen LogP contribution in [0.5, 0.6) is 0 Å². The smallest absolute Gasteiger partial charge is 0.465 e. The van der Waals surface area contributed by atoms with Crippen molar-refractivity contribution in [3.05, 3.63) is 352 Å². The van der Waals surface area contributed by atoms with Gasteiger partial charge in [-0.15, -0.1) is 0 Å². The quantitative estimate of drug-likeness (QED) is 0.0186. The van der Waals surface area contributed by atoms with Crippen LogP contribution in [-0.2, 0) is 95.7 Å². The number of carbonyl (C=O) groups excluding carboxylic acids is 4.